The second kappa shape index (κ2) is 5.88. The van der Waals surface area contributed by atoms with Crippen LogP contribution in [0.3, 0.4) is 0 Å². The smallest absolute Gasteiger partial charge is 0.269 e. The van der Waals surface area contributed by atoms with Gasteiger partial charge in [0.15, 0.2) is 6.33 Å². The first-order valence-corrected chi connectivity index (χ1v) is 6.71. The van der Waals surface area contributed by atoms with Gasteiger partial charge in [-0.15, -0.1) is 0 Å². The number of amides is 1. The molecule has 0 atom stereocenters. The van der Waals surface area contributed by atoms with Crippen LogP contribution in [0.2, 0.25) is 5.15 Å². The lowest BCUT2D eigenvalue weighted by molar-refractivity contribution is 0.0948. The molecule has 0 aliphatic rings. The van der Waals surface area contributed by atoms with E-state index < -0.39 is 0 Å². The van der Waals surface area contributed by atoms with Gasteiger partial charge in [0.05, 0.1) is 0 Å². The Morgan fingerprint density at radius 3 is 3.00 bits per heavy atom. The summed E-state index contributed by atoms with van der Waals surface area (Å²) in [6, 6.07) is 9.22. The van der Waals surface area contributed by atoms with Crippen LogP contribution in [0, 0.1) is 0 Å². The normalized spacial score (nSPS) is 10.7. The number of carbonyl (C=O) groups is 1. The molecular formula is C14H11ClN4O2. The number of nitrogens with one attached hydrogen (secondary N) is 1. The van der Waals surface area contributed by atoms with Gasteiger partial charge >= 0.3 is 0 Å². The number of rotatable bonds is 4. The fourth-order valence-electron chi connectivity index (χ4n) is 1.95. The van der Waals surface area contributed by atoms with E-state index in [9.17, 15) is 4.79 Å². The van der Waals surface area contributed by atoms with Gasteiger partial charge in [-0.2, -0.15) is 4.98 Å². The lowest BCUT2D eigenvalue weighted by Crippen LogP contribution is -2.26. The fourth-order valence-corrected chi connectivity index (χ4v) is 2.22. The number of hydrogen-bond donors (Lipinski definition) is 1. The lowest BCUT2D eigenvalue weighted by atomic mass is 10.1. The van der Waals surface area contributed by atoms with Gasteiger partial charge in [0, 0.05) is 18.4 Å². The van der Waals surface area contributed by atoms with Gasteiger partial charge in [0.2, 0.25) is 5.89 Å². The van der Waals surface area contributed by atoms with Gasteiger partial charge in [-0.05, 0) is 11.5 Å². The molecule has 0 spiro atoms. The lowest BCUT2D eigenvalue weighted by Gasteiger charge is -2.06. The molecule has 0 fully saturated rings. The number of benzene rings is 1. The van der Waals surface area contributed by atoms with E-state index in [1.165, 1.54) is 6.33 Å². The van der Waals surface area contributed by atoms with E-state index in [0.717, 1.165) is 10.8 Å². The zero-order chi connectivity index (χ0) is 14.7. The zero-order valence-electron chi connectivity index (χ0n) is 10.9. The molecule has 2 aromatic heterocycles. The Bertz CT molecular complexity index is 774. The van der Waals surface area contributed by atoms with Crippen molar-refractivity contribution in [1.29, 1.82) is 0 Å². The molecule has 1 amide bonds. The monoisotopic (exact) mass is 302 g/mol. The van der Waals surface area contributed by atoms with Crippen LogP contribution in [-0.2, 0) is 6.42 Å². The third kappa shape index (κ3) is 3.00. The van der Waals surface area contributed by atoms with E-state index in [0.29, 0.717) is 24.0 Å². The topological polar surface area (TPSA) is 80.9 Å². The predicted molar refractivity (Wildman–Crippen MR) is 77.1 cm³/mol. The number of aromatic nitrogens is 3. The standard InChI is InChI=1S/C14H11ClN4O2/c15-13-10-4-2-1-3-9(10)7-11(19-13)14(20)16-6-5-12-17-8-18-21-12/h1-4,7-8H,5-6H2,(H,16,20). The number of halogens is 1. The minimum Gasteiger partial charge on any atom is -0.350 e. The highest BCUT2D eigenvalue weighted by Gasteiger charge is 2.11. The van der Waals surface area contributed by atoms with E-state index in [2.05, 4.69) is 20.4 Å². The molecule has 0 saturated heterocycles. The highest BCUT2D eigenvalue weighted by Crippen LogP contribution is 2.22. The third-order valence-corrected chi connectivity index (χ3v) is 3.25. The molecule has 3 aromatic rings. The molecule has 0 bridgehead atoms. The molecule has 1 aromatic carbocycles. The van der Waals surface area contributed by atoms with Crippen LogP contribution in [0.25, 0.3) is 10.8 Å². The van der Waals surface area contributed by atoms with Crippen LogP contribution in [0.15, 0.2) is 41.2 Å². The van der Waals surface area contributed by atoms with Crippen molar-refractivity contribution >= 4 is 28.3 Å². The molecule has 3 rings (SSSR count). The molecule has 0 saturated carbocycles. The van der Waals surface area contributed by atoms with Crippen LogP contribution in [0.1, 0.15) is 16.4 Å². The van der Waals surface area contributed by atoms with Gasteiger partial charge < -0.3 is 9.84 Å². The van der Waals surface area contributed by atoms with Crippen LogP contribution < -0.4 is 5.32 Å². The fraction of sp³-hybridized carbons (Fsp3) is 0.143. The second-order valence-electron chi connectivity index (χ2n) is 4.36. The molecule has 7 heteroatoms. The van der Waals surface area contributed by atoms with Crippen molar-refractivity contribution in [2.75, 3.05) is 6.54 Å². The van der Waals surface area contributed by atoms with Gasteiger partial charge in [0.25, 0.3) is 5.91 Å². The predicted octanol–water partition coefficient (Wildman–Crippen LogP) is 2.24. The van der Waals surface area contributed by atoms with E-state index >= 15 is 0 Å². The van der Waals surface area contributed by atoms with Crippen molar-refractivity contribution in [2.24, 2.45) is 0 Å². The SMILES string of the molecule is O=C(NCCc1ncno1)c1cc2ccccc2c(Cl)n1. The largest absolute Gasteiger partial charge is 0.350 e. The second-order valence-corrected chi connectivity index (χ2v) is 4.72. The van der Waals surface area contributed by atoms with Gasteiger partial charge in [-0.25, -0.2) is 4.98 Å². The van der Waals surface area contributed by atoms with Crippen LogP contribution in [-0.4, -0.2) is 27.6 Å². The Morgan fingerprint density at radius 1 is 1.33 bits per heavy atom. The van der Waals surface area contributed by atoms with E-state index in [1.54, 1.807) is 6.07 Å². The molecule has 106 valence electrons. The van der Waals surface area contributed by atoms with Crippen LogP contribution in [0.5, 0.6) is 0 Å². The summed E-state index contributed by atoms with van der Waals surface area (Å²) in [6.45, 7) is 0.382. The average molecular weight is 303 g/mol. The van der Waals surface area contributed by atoms with E-state index in [-0.39, 0.29) is 11.6 Å². The van der Waals surface area contributed by atoms with Crippen molar-refractivity contribution in [3.8, 4) is 0 Å². The number of carbonyl (C=O) groups excluding carboxylic acids is 1. The van der Waals surface area contributed by atoms with Crippen molar-refractivity contribution < 1.29 is 9.32 Å². The molecule has 0 aliphatic heterocycles. The van der Waals surface area contributed by atoms with Crippen LogP contribution in [0.4, 0.5) is 0 Å². The number of hydrogen-bond acceptors (Lipinski definition) is 5. The number of nitrogens with zero attached hydrogens (tertiary/aromatic N) is 3. The van der Waals surface area contributed by atoms with Gasteiger partial charge in [0.1, 0.15) is 10.8 Å². The van der Waals surface area contributed by atoms with E-state index in [4.69, 9.17) is 16.1 Å². The Kier molecular flexibility index (Phi) is 3.79. The summed E-state index contributed by atoms with van der Waals surface area (Å²) in [7, 11) is 0. The van der Waals surface area contributed by atoms with Crippen LogP contribution >= 0.6 is 11.6 Å². The van der Waals surface area contributed by atoms with Crippen molar-refractivity contribution in [2.45, 2.75) is 6.42 Å². The summed E-state index contributed by atoms with van der Waals surface area (Å²) in [6.07, 6.45) is 1.79. The summed E-state index contributed by atoms with van der Waals surface area (Å²) < 4.78 is 4.85. The highest BCUT2D eigenvalue weighted by molar-refractivity contribution is 6.34. The van der Waals surface area contributed by atoms with Crippen molar-refractivity contribution in [1.82, 2.24) is 20.4 Å². The zero-order valence-corrected chi connectivity index (χ0v) is 11.7. The first-order valence-electron chi connectivity index (χ1n) is 6.33. The van der Waals surface area contributed by atoms with Gasteiger partial charge in [-0.1, -0.05) is 41.0 Å². The molecule has 1 N–H and O–H groups in total. The minimum atomic E-state index is -0.290. The number of pyridine rings is 1. The summed E-state index contributed by atoms with van der Waals surface area (Å²) in [5, 5.41) is 8.25. The summed E-state index contributed by atoms with van der Waals surface area (Å²) in [5.74, 6) is 0.182. The molecule has 21 heavy (non-hydrogen) atoms. The van der Waals surface area contributed by atoms with Gasteiger partial charge in [-0.3, -0.25) is 4.79 Å². The third-order valence-electron chi connectivity index (χ3n) is 2.96. The van der Waals surface area contributed by atoms with Crippen molar-refractivity contribution in [3.05, 3.63) is 53.4 Å². The summed E-state index contributed by atoms with van der Waals surface area (Å²) >= 11 is 6.10. The Balaban J connectivity index is 1.72. The molecule has 6 nitrogen and oxygen atoms in total. The summed E-state index contributed by atoms with van der Waals surface area (Å²) in [5.41, 5.74) is 0.282. The molecular weight excluding hydrogens is 292 g/mol. The Morgan fingerprint density at radius 2 is 2.19 bits per heavy atom. The maximum atomic E-state index is 12.1. The molecule has 2 heterocycles. The maximum Gasteiger partial charge on any atom is 0.269 e. The molecule has 0 aliphatic carbocycles. The summed E-state index contributed by atoms with van der Waals surface area (Å²) in [4.78, 5) is 20.1. The maximum absolute atomic E-state index is 12.1. The quantitative estimate of drug-likeness (QED) is 0.748. The molecule has 0 radical (unpaired) electrons. The van der Waals surface area contributed by atoms with E-state index in [1.807, 2.05) is 24.3 Å². The first kappa shape index (κ1) is 13.5. The van der Waals surface area contributed by atoms with Crippen molar-refractivity contribution in [3.63, 3.8) is 0 Å². The highest BCUT2D eigenvalue weighted by atomic mass is 35.5. The Labute approximate surface area is 125 Å². The molecule has 0 unspecified atom stereocenters. The first-order chi connectivity index (χ1) is 10.2. The number of fused-ring (bicyclic) bond motifs is 1. The Hall–Kier alpha value is -2.47. The minimum absolute atomic E-state index is 0.282. The average Bonchev–Trinajstić information content (AvgIpc) is 3.00.